The zero-order valence-electron chi connectivity index (χ0n) is 13.5. The van der Waals surface area contributed by atoms with Gasteiger partial charge in [-0.15, -0.1) is 0 Å². The fraction of sp³-hybridized carbons (Fsp3) is 0.250. The smallest absolute Gasteiger partial charge is 0.272 e. The number of nitrogens with zero attached hydrogens (tertiary/aromatic N) is 2. The molecular formula is C16H16F2N4O2S. The van der Waals surface area contributed by atoms with Crippen LogP contribution in [0.4, 0.5) is 8.78 Å². The highest BCUT2D eigenvalue weighted by Crippen LogP contribution is 2.26. The average Bonchev–Trinajstić information content (AvgIpc) is 2.91. The van der Waals surface area contributed by atoms with Crippen LogP contribution in [0.3, 0.4) is 0 Å². The summed E-state index contributed by atoms with van der Waals surface area (Å²) in [6.45, 7) is 2.46. The Bertz CT molecular complexity index is 1010. The Labute approximate surface area is 143 Å². The van der Waals surface area contributed by atoms with E-state index >= 15 is 0 Å². The van der Waals surface area contributed by atoms with E-state index in [2.05, 4.69) is 19.7 Å². The molecule has 2 heterocycles. The number of halogens is 2. The van der Waals surface area contributed by atoms with Crippen LogP contribution >= 0.6 is 0 Å². The number of fused-ring (bicyclic) bond motifs is 1. The molecule has 9 heteroatoms. The molecule has 0 saturated heterocycles. The highest BCUT2D eigenvalue weighted by Gasteiger charge is 2.24. The van der Waals surface area contributed by atoms with Gasteiger partial charge >= 0.3 is 0 Å². The number of hydrogen-bond acceptors (Lipinski definition) is 4. The summed E-state index contributed by atoms with van der Waals surface area (Å²) in [6, 6.07) is 7.17. The Balaban J connectivity index is 1.76. The quantitative estimate of drug-likeness (QED) is 0.727. The van der Waals surface area contributed by atoms with Crippen molar-refractivity contribution in [2.45, 2.75) is 31.2 Å². The van der Waals surface area contributed by atoms with Crippen LogP contribution in [0, 0.1) is 6.92 Å². The number of nitrogens with one attached hydrogen (secondary N) is 2. The Morgan fingerprint density at radius 2 is 2.00 bits per heavy atom. The van der Waals surface area contributed by atoms with Gasteiger partial charge in [-0.05, 0) is 37.3 Å². The molecule has 0 atom stereocenters. The molecule has 0 aliphatic carbocycles. The fourth-order valence-corrected chi connectivity index (χ4v) is 3.35. The lowest BCUT2D eigenvalue weighted by Crippen LogP contribution is -2.23. The average molecular weight is 366 g/mol. The van der Waals surface area contributed by atoms with Gasteiger partial charge in [0, 0.05) is 18.7 Å². The summed E-state index contributed by atoms with van der Waals surface area (Å²) < 4.78 is 53.5. The number of H-pyrrole nitrogens is 1. The largest absolute Gasteiger partial charge is 0.342 e. The molecule has 25 heavy (non-hydrogen) atoms. The van der Waals surface area contributed by atoms with Crippen LogP contribution in [0.1, 0.15) is 24.0 Å². The highest BCUT2D eigenvalue weighted by molar-refractivity contribution is 7.89. The van der Waals surface area contributed by atoms with E-state index in [0.29, 0.717) is 22.6 Å². The van der Waals surface area contributed by atoms with Crippen molar-refractivity contribution in [3.05, 3.63) is 53.6 Å². The summed E-state index contributed by atoms with van der Waals surface area (Å²) >= 11 is 0. The molecule has 0 aliphatic heterocycles. The number of aryl methyl sites for hydroxylation is 1. The van der Waals surface area contributed by atoms with Gasteiger partial charge in [0.25, 0.3) is 5.92 Å². The number of hydrogen-bond donors (Lipinski definition) is 2. The maximum absolute atomic E-state index is 13.2. The van der Waals surface area contributed by atoms with E-state index in [1.807, 2.05) is 0 Å². The van der Waals surface area contributed by atoms with Crippen LogP contribution in [0.25, 0.3) is 11.0 Å². The molecule has 3 rings (SSSR count). The lowest BCUT2D eigenvalue weighted by atomic mass is 10.1. The van der Waals surface area contributed by atoms with Gasteiger partial charge in [0.2, 0.25) is 10.0 Å². The van der Waals surface area contributed by atoms with E-state index in [1.54, 1.807) is 13.0 Å². The molecular weight excluding hydrogens is 350 g/mol. The second kappa shape index (κ2) is 6.16. The van der Waals surface area contributed by atoms with E-state index < -0.39 is 15.9 Å². The van der Waals surface area contributed by atoms with Crippen LogP contribution in [0.15, 0.2) is 41.4 Å². The van der Waals surface area contributed by atoms with Crippen molar-refractivity contribution in [3.63, 3.8) is 0 Å². The van der Waals surface area contributed by atoms with Crippen molar-refractivity contribution in [3.8, 4) is 0 Å². The van der Waals surface area contributed by atoms with Gasteiger partial charge in [0.15, 0.2) is 0 Å². The minimum atomic E-state index is -3.77. The Morgan fingerprint density at radius 1 is 1.24 bits per heavy atom. The van der Waals surface area contributed by atoms with Crippen LogP contribution in [0.5, 0.6) is 0 Å². The van der Waals surface area contributed by atoms with E-state index in [4.69, 9.17) is 0 Å². The third-order valence-corrected chi connectivity index (χ3v) is 5.06. The zero-order chi connectivity index (χ0) is 18.2. The maximum atomic E-state index is 13.2. The van der Waals surface area contributed by atoms with Gasteiger partial charge in [0.05, 0.1) is 28.2 Å². The summed E-state index contributed by atoms with van der Waals surface area (Å²) in [4.78, 5) is 11.1. The van der Waals surface area contributed by atoms with Crippen LogP contribution in [-0.2, 0) is 22.5 Å². The monoisotopic (exact) mass is 366 g/mol. The van der Waals surface area contributed by atoms with Crippen LogP contribution in [0.2, 0.25) is 0 Å². The van der Waals surface area contributed by atoms with Gasteiger partial charge in [-0.25, -0.2) is 26.9 Å². The van der Waals surface area contributed by atoms with Crippen molar-refractivity contribution in [1.82, 2.24) is 19.7 Å². The second-order valence-electron chi connectivity index (χ2n) is 5.75. The topological polar surface area (TPSA) is 87.7 Å². The molecule has 0 amide bonds. The summed E-state index contributed by atoms with van der Waals surface area (Å²) in [6.07, 6.45) is 1.04. The minimum absolute atomic E-state index is 0.0837. The Kier molecular flexibility index (Phi) is 4.29. The predicted molar refractivity (Wildman–Crippen MR) is 88.7 cm³/mol. The van der Waals surface area contributed by atoms with E-state index in [0.717, 1.165) is 13.1 Å². The first kappa shape index (κ1) is 17.4. The van der Waals surface area contributed by atoms with E-state index in [-0.39, 0.29) is 17.0 Å². The molecule has 2 aromatic heterocycles. The van der Waals surface area contributed by atoms with Gasteiger partial charge in [-0.1, -0.05) is 0 Å². The molecule has 0 saturated carbocycles. The highest BCUT2D eigenvalue weighted by atomic mass is 32.2. The van der Waals surface area contributed by atoms with Crippen molar-refractivity contribution >= 4 is 21.1 Å². The minimum Gasteiger partial charge on any atom is -0.342 e. The van der Waals surface area contributed by atoms with Gasteiger partial charge < -0.3 is 4.98 Å². The summed E-state index contributed by atoms with van der Waals surface area (Å²) in [7, 11) is -3.77. The lowest BCUT2D eigenvalue weighted by Gasteiger charge is -2.11. The SMILES string of the molecule is Cc1nc2ccc(S(=O)(=O)NCc3ccc(C(C)(F)F)cn3)cc2[nH]1. The molecule has 2 N–H and O–H groups in total. The molecule has 0 bridgehead atoms. The molecule has 0 aliphatic rings. The fourth-order valence-electron chi connectivity index (χ4n) is 2.32. The second-order valence-corrected chi connectivity index (χ2v) is 7.52. The molecule has 1 aromatic carbocycles. The molecule has 132 valence electrons. The molecule has 3 aromatic rings. The number of imidazole rings is 1. The number of aromatic nitrogens is 3. The number of alkyl halides is 2. The van der Waals surface area contributed by atoms with Gasteiger partial charge in [-0.3, -0.25) is 4.98 Å². The summed E-state index contributed by atoms with van der Waals surface area (Å²) in [5.74, 6) is -2.29. The van der Waals surface area contributed by atoms with Crippen LogP contribution in [-0.4, -0.2) is 23.4 Å². The molecule has 0 radical (unpaired) electrons. The first-order valence-electron chi connectivity index (χ1n) is 7.44. The van der Waals surface area contributed by atoms with Gasteiger partial charge in [-0.2, -0.15) is 0 Å². The van der Waals surface area contributed by atoms with E-state index in [9.17, 15) is 17.2 Å². The molecule has 0 unspecified atom stereocenters. The standard InChI is InChI=1S/C16H16F2N4O2S/c1-10-21-14-6-5-13(7-15(14)22-10)25(23,24)20-9-12-4-3-11(8-19-12)16(2,17)18/h3-8,20H,9H2,1-2H3,(H,21,22). The summed E-state index contributed by atoms with van der Waals surface area (Å²) in [5, 5.41) is 0. The number of sulfonamides is 1. The summed E-state index contributed by atoms with van der Waals surface area (Å²) in [5.41, 5.74) is 1.41. The molecule has 0 fully saturated rings. The third-order valence-electron chi connectivity index (χ3n) is 3.66. The van der Waals surface area contributed by atoms with E-state index in [1.165, 1.54) is 24.3 Å². The zero-order valence-corrected chi connectivity index (χ0v) is 14.4. The van der Waals surface area contributed by atoms with Crippen molar-refractivity contribution < 1.29 is 17.2 Å². The number of benzene rings is 1. The number of rotatable bonds is 5. The van der Waals surface area contributed by atoms with Crippen molar-refractivity contribution in [1.29, 1.82) is 0 Å². The molecule has 0 spiro atoms. The lowest BCUT2D eigenvalue weighted by molar-refractivity contribution is 0.0171. The third kappa shape index (κ3) is 3.83. The normalized spacial score (nSPS) is 12.6. The van der Waals surface area contributed by atoms with Crippen molar-refractivity contribution in [2.24, 2.45) is 0 Å². The van der Waals surface area contributed by atoms with Gasteiger partial charge in [0.1, 0.15) is 5.82 Å². The number of aromatic amines is 1. The Morgan fingerprint density at radius 3 is 2.64 bits per heavy atom. The molecule has 6 nitrogen and oxygen atoms in total. The number of pyridine rings is 1. The maximum Gasteiger partial charge on any atom is 0.272 e. The first-order chi connectivity index (χ1) is 11.6. The predicted octanol–water partition coefficient (Wildman–Crippen LogP) is 2.86. The Hall–Kier alpha value is -2.39. The first-order valence-corrected chi connectivity index (χ1v) is 8.93. The van der Waals surface area contributed by atoms with Crippen molar-refractivity contribution in [2.75, 3.05) is 0 Å². The van der Waals surface area contributed by atoms with Crippen LogP contribution < -0.4 is 4.72 Å².